The van der Waals surface area contributed by atoms with E-state index >= 15 is 0 Å². The lowest BCUT2D eigenvalue weighted by molar-refractivity contribution is 0.147. The van der Waals surface area contributed by atoms with E-state index in [9.17, 15) is 4.91 Å². The molecule has 7 heteroatoms. The number of fused-ring (bicyclic) bond motifs is 3. The molecular formula is C17H17N3O4. The summed E-state index contributed by atoms with van der Waals surface area (Å²) in [6.07, 6.45) is 1.70. The minimum absolute atomic E-state index is 0.0324. The van der Waals surface area contributed by atoms with Gasteiger partial charge in [-0.05, 0) is 12.1 Å². The van der Waals surface area contributed by atoms with Crippen LogP contribution in [0.4, 0.5) is 0 Å². The molecule has 0 saturated carbocycles. The fourth-order valence-corrected chi connectivity index (χ4v) is 2.58. The summed E-state index contributed by atoms with van der Waals surface area (Å²) in [5.41, 5.74) is 1.87. The van der Waals surface area contributed by atoms with Crippen molar-refractivity contribution in [2.24, 2.45) is 5.18 Å². The number of methoxy groups -OCH3 is 2. The van der Waals surface area contributed by atoms with Crippen LogP contribution < -0.4 is 9.47 Å². The molecule has 0 radical (unpaired) electrons. The van der Waals surface area contributed by atoms with E-state index in [0.29, 0.717) is 35.9 Å². The molecule has 0 N–H and O–H groups in total. The normalized spacial score (nSPS) is 10.9. The topological polar surface area (TPSA) is 82.9 Å². The van der Waals surface area contributed by atoms with Gasteiger partial charge in [0.1, 0.15) is 30.2 Å². The second kappa shape index (κ2) is 7.18. The van der Waals surface area contributed by atoms with Crippen LogP contribution in [0.25, 0.3) is 21.8 Å². The molecule has 0 unspecified atom stereocenters. The molecule has 0 aliphatic heterocycles. The van der Waals surface area contributed by atoms with Crippen molar-refractivity contribution in [3.8, 4) is 11.5 Å². The monoisotopic (exact) mass is 327 g/mol. The maximum Gasteiger partial charge on any atom is 0.133 e. The molecule has 7 nitrogen and oxygen atoms in total. The summed E-state index contributed by atoms with van der Waals surface area (Å²) in [7, 11) is 3.18. The lowest BCUT2D eigenvalue weighted by atomic mass is 10.1. The number of nitrogens with zero attached hydrogens (tertiary/aromatic N) is 3. The largest absolute Gasteiger partial charge is 0.496 e. The van der Waals surface area contributed by atoms with Gasteiger partial charge in [0.2, 0.25) is 0 Å². The summed E-state index contributed by atoms with van der Waals surface area (Å²) in [6, 6.07) is 7.38. The molecule has 0 spiro atoms. The quantitative estimate of drug-likeness (QED) is 0.377. The molecule has 0 aliphatic rings. The average molecular weight is 327 g/mol. The molecule has 24 heavy (non-hydrogen) atoms. The van der Waals surface area contributed by atoms with Crippen LogP contribution in [0.3, 0.4) is 0 Å². The predicted octanol–water partition coefficient (Wildman–Crippen LogP) is 3.08. The molecule has 0 atom stereocenters. The number of hydrogen-bond donors (Lipinski definition) is 0. The van der Waals surface area contributed by atoms with Crippen LogP contribution in [-0.2, 0) is 11.3 Å². The minimum Gasteiger partial charge on any atom is -0.496 e. The van der Waals surface area contributed by atoms with E-state index in [1.54, 1.807) is 26.5 Å². The summed E-state index contributed by atoms with van der Waals surface area (Å²) in [5.74, 6) is 1.20. The van der Waals surface area contributed by atoms with Crippen molar-refractivity contribution >= 4 is 21.8 Å². The second-order valence-corrected chi connectivity index (χ2v) is 5.12. The number of nitroso groups, excluding NO2 is 1. The SMILES string of the molecule is COCCOc1cc2cccnc2c2nc(CN=O)cc(OC)c12. The van der Waals surface area contributed by atoms with Gasteiger partial charge in [-0.15, -0.1) is 0 Å². The Bertz CT molecular complexity index is 882. The number of pyridine rings is 2. The molecule has 0 saturated heterocycles. The summed E-state index contributed by atoms with van der Waals surface area (Å²) >= 11 is 0. The van der Waals surface area contributed by atoms with Gasteiger partial charge in [-0.3, -0.25) is 4.98 Å². The molecule has 3 rings (SSSR count). The predicted molar refractivity (Wildman–Crippen MR) is 90.5 cm³/mol. The lowest BCUT2D eigenvalue weighted by Crippen LogP contribution is -2.06. The fourth-order valence-electron chi connectivity index (χ4n) is 2.58. The Hall–Kier alpha value is -2.80. The van der Waals surface area contributed by atoms with Gasteiger partial charge < -0.3 is 14.2 Å². The van der Waals surface area contributed by atoms with E-state index in [1.807, 2.05) is 18.2 Å². The van der Waals surface area contributed by atoms with Crippen molar-refractivity contribution in [3.05, 3.63) is 41.1 Å². The zero-order valence-corrected chi connectivity index (χ0v) is 13.5. The van der Waals surface area contributed by atoms with E-state index < -0.39 is 0 Å². The molecule has 124 valence electrons. The fraction of sp³-hybridized carbons (Fsp3) is 0.294. The molecule has 0 bridgehead atoms. The minimum atomic E-state index is -0.0324. The second-order valence-electron chi connectivity index (χ2n) is 5.12. The van der Waals surface area contributed by atoms with E-state index in [2.05, 4.69) is 15.1 Å². The third kappa shape index (κ3) is 2.98. The summed E-state index contributed by atoms with van der Waals surface area (Å²) in [6.45, 7) is 0.836. The highest BCUT2D eigenvalue weighted by Gasteiger charge is 2.16. The summed E-state index contributed by atoms with van der Waals surface area (Å²) in [4.78, 5) is 19.6. The van der Waals surface area contributed by atoms with E-state index in [4.69, 9.17) is 14.2 Å². The number of aromatic nitrogens is 2. The van der Waals surface area contributed by atoms with E-state index in [0.717, 1.165) is 16.3 Å². The van der Waals surface area contributed by atoms with Crippen LogP contribution in [0.15, 0.2) is 35.6 Å². The van der Waals surface area contributed by atoms with Crippen LogP contribution in [0.5, 0.6) is 11.5 Å². The highest BCUT2D eigenvalue weighted by Crippen LogP contribution is 2.38. The average Bonchev–Trinajstić information content (AvgIpc) is 2.61. The molecule has 2 heterocycles. The van der Waals surface area contributed by atoms with Crippen molar-refractivity contribution in [1.29, 1.82) is 0 Å². The van der Waals surface area contributed by atoms with Crippen LogP contribution in [0.1, 0.15) is 5.69 Å². The molecule has 1 aromatic carbocycles. The van der Waals surface area contributed by atoms with Crippen molar-refractivity contribution in [1.82, 2.24) is 9.97 Å². The maximum absolute atomic E-state index is 10.6. The van der Waals surface area contributed by atoms with Crippen molar-refractivity contribution in [3.63, 3.8) is 0 Å². The Morgan fingerprint density at radius 2 is 2.00 bits per heavy atom. The first kappa shape index (κ1) is 16.1. The van der Waals surface area contributed by atoms with Gasteiger partial charge in [0.25, 0.3) is 0 Å². The molecule has 0 fully saturated rings. The van der Waals surface area contributed by atoms with Crippen molar-refractivity contribution in [2.45, 2.75) is 6.54 Å². The van der Waals surface area contributed by atoms with Crippen LogP contribution in [0, 0.1) is 4.91 Å². The molecule has 2 aromatic heterocycles. The standard InChI is InChI=1S/C17H17N3O4/c1-22-6-7-24-14-8-11-4-3-5-18-16(11)17-15(14)13(23-2)9-12(20-17)10-19-21/h3-5,8-9H,6-7,10H2,1-2H3. The Morgan fingerprint density at radius 1 is 1.12 bits per heavy atom. The van der Waals surface area contributed by atoms with Gasteiger partial charge in [0, 0.05) is 24.8 Å². The summed E-state index contributed by atoms with van der Waals surface area (Å²) < 4.78 is 16.4. The molecule has 3 aromatic rings. The molecular weight excluding hydrogens is 310 g/mol. The third-order valence-corrected chi connectivity index (χ3v) is 3.62. The Kier molecular flexibility index (Phi) is 4.81. The Morgan fingerprint density at radius 3 is 2.75 bits per heavy atom. The van der Waals surface area contributed by atoms with Gasteiger partial charge in [-0.25, -0.2) is 4.98 Å². The van der Waals surface area contributed by atoms with Crippen LogP contribution in [-0.4, -0.2) is 37.4 Å². The highest BCUT2D eigenvalue weighted by atomic mass is 16.5. The highest BCUT2D eigenvalue weighted by molar-refractivity contribution is 6.08. The maximum atomic E-state index is 10.6. The molecule has 0 aliphatic carbocycles. The van der Waals surface area contributed by atoms with Gasteiger partial charge >= 0.3 is 0 Å². The van der Waals surface area contributed by atoms with Gasteiger partial charge in [0.15, 0.2) is 0 Å². The Balaban J connectivity index is 2.29. The third-order valence-electron chi connectivity index (χ3n) is 3.62. The summed E-state index contributed by atoms with van der Waals surface area (Å²) in [5, 5.41) is 4.52. The zero-order chi connectivity index (χ0) is 16.9. The van der Waals surface area contributed by atoms with Gasteiger partial charge in [-0.1, -0.05) is 11.2 Å². The smallest absolute Gasteiger partial charge is 0.133 e. The first-order valence-electron chi connectivity index (χ1n) is 7.44. The van der Waals surface area contributed by atoms with E-state index in [1.165, 1.54) is 0 Å². The lowest BCUT2D eigenvalue weighted by Gasteiger charge is -2.14. The first-order chi connectivity index (χ1) is 11.8. The van der Waals surface area contributed by atoms with Crippen LogP contribution >= 0.6 is 0 Å². The van der Waals surface area contributed by atoms with E-state index in [-0.39, 0.29) is 6.54 Å². The van der Waals surface area contributed by atoms with Crippen molar-refractivity contribution in [2.75, 3.05) is 27.4 Å². The Labute approximate surface area is 138 Å². The van der Waals surface area contributed by atoms with Gasteiger partial charge in [-0.2, -0.15) is 4.91 Å². The van der Waals surface area contributed by atoms with Crippen LogP contribution in [0.2, 0.25) is 0 Å². The molecule has 0 amide bonds. The van der Waals surface area contributed by atoms with Crippen molar-refractivity contribution < 1.29 is 14.2 Å². The number of hydrogen-bond acceptors (Lipinski definition) is 7. The van der Waals surface area contributed by atoms with Gasteiger partial charge in [0.05, 0.1) is 30.3 Å². The zero-order valence-electron chi connectivity index (χ0n) is 13.5. The number of ether oxygens (including phenoxy) is 3. The number of benzene rings is 1. The first-order valence-corrected chi connectivity index (χ1v) is 7.44. The number of rotatable bonds is 7.